The molecule has 36 heavy (non-hydrogen) atoms. The van der Waals surface area contributed by atoms with Gasteiger partial charge in [-0.2, -0.15) is 0 Å². The molecule has 5 heteroatoms. The van der Waals surface area contributed by atoms with Crippen molar-refractivity contribution in [1.82, 2.24) is 9.80 Å². The lowest BCUT2D eigenvalue weighted by Crippen LogP contribution is -2.49. The van der Waals surface area contributed by atoms with Gasteiger partial charge in [0.05, 0.1) is 13.3 Å². The van der Waals surface area contributed by atoms with E-state index in [0.717, 1.165) is 36.2 Å². The van der Waals surface area contributed by atoms with Crippen LogP contribution in [0, 0.1) is 0 Å². The molecule has 2 aliphatic rings. The van der Waals surface area contributed by atoms with Crippen LogP contribution in [0.25, 0.3) is 0 Å². The van der Waals surface area contributed by atoms with E-state index in [1.165, 1.54) is 16.8 Å². The van der Waals surface area contributed by atoms with E-state index in [4.69, 9.17) is 4.74 Å². The van der Waals surface area contributed by atoms with Crippen LogP contribution in [0.1, 0.15) is 45.7 Å². The number of ether oxygens (including phenoxy) is 1. The van der Waals surface area contributed by atoms with Gasteiger partial charge < -0.3 is 19.4 Å². The minimum absolute atomic E-state index is 0.0125. The second-order valence-electron chi connectivity index (χ2n) is 11.6. The van der Waals surface area contributed by atoms with Gasteiger partial charge in [-0.15, -0.1) is 0 Å². The normalized spacial score (nSPS) is 17.5. The molecule has 0 N–H and O–H groups in total. The Morgan fingerprint density at radius 2 is 1.53 bits per heavy atom. The quantitative estimate of drug-likeness (QED) is 0.390. The first-order chi connectivity index (χ1) is 17.0. The van der Waals surface area contributed by atoms with Crippen LogP contribution in [0.15, 0.2) is 79.1 Å². The molecule has 0 fully saturated rings. The van der Waals surface area contributed by atoms with Crippen LogP contribution in [0.2, 0.25) is 0 Å². The first-order valence-corrected chi connectivity index (χ1v) is 12.7. The summed E-state index contributed by atoms with van der Waals surface area (Å²) in [4.78, 5) is 9.18. The number of benzene rings is 3. The fourth-order valence-electron chi connectivity index (χ4n) is 4.91. The Morgan fingerprint density at radius 3 is 2.25 bits per heavy atom. The Labute approximate surface area is 216 Å². The number of anilines is 3. The SMILES string of the molecule is CN1C=CN(c2cccc(Oc3cc(N4CN(C)C(C)(C)c5ccccc54)cc(C(C)(C)C)c3)c2)C1. The molecule has 2 heterocycles. The van der Waals surface area contributed by atoms with Gasteiger partial charge in [0.2, 0.25) is 0 Å². The third-order valence-electron chi connectivity index (χ3n) is 7.49. The van der Waals surface area contributed by atoms with E-state index in [-0.39, 0.29) is 11.0 Å². The van der Waals surface area contributed by atoms with Crippen LogP contribution in [0.5, 0.6) is 11.5 Å². The van der Waals surface area contributed by atoms with Crippen LogP contribution < -0.4 is 14.5 Å². The molecule has 0 atom stereocenters. The molecule has 0 spiro atoms. The summed E-state index contributed by atoms with van der Waals surface area (Å²) in [7, 11) is 4.28. The summed E-state index contributed by atoms with van der Waals surface area (Å²) in [6.45, 7) is 13.0. The van der Waals surface area contributed by atoms with Gasteiger partial charge >= 0.3 is 0 Å². The van der Waals surface area contributed by atoms with Gasteiger partial charge in [-0.25, -0.2) is 0 Å². The highest BCUT2D eigenvalue weighted by Gasteiger charge is 2.36. The fourth-order valence-corrected chi connectivity index (χ4v) is 4.91. The average molecular weight is 483 g/mol. The van der Waals surface area contributed by atoms with Crippen LogP contribution >= 0.6 is 0 Å². The van der Waals surface area contributed by atoms with Crippen molar-refractivity contribution in [2.45, 2.75) is 45.6 Å². The van der Waals surface area contributed by atoms with Crippen molar-refractivity contribution in [3.8, 4) is 11.5 Å². The predicted molar refractivity (Wildman–Crippen MR) is 150 cm³/mol. The van der Waals surface area contributed by atoms with E-state index >= 15 is 0 Å². The zero-order valence-electron chi connectivity index (χ0n) is 22.6. The van der Waals surface area contributed by atoms with Crippen molar-refractivity contribution in [1.29, 1.82) is 0 Å². The second-order valence-corrected chi connectivity index (χ2v) is 11.6. The van der Waals surface area contributed by atoms with Crippen molar-refractivity contribution in [2.24, 2.45) is 0 Å². The minimum Gasteiger partial charge on any atom is -0.457 e. The summed E-state index contributed by atoms with van der Waals surface area (Å²) in [5.74, 6) is 1.69. The Bertz CT molecular complexity index is 1290. The standard InChI is InChI=1S/C31H38N4O/c1-30(2,3)23-17-25(35-22-33(7)31(4,5)28-13-8-9-14-29(28)35)20-27(18-23)36-26-12-10-11-24(19-26)34-16-15-32(6)21-34/h8-20H,21-22H2,1-7H3. The van der Waals surface area contributed by atoms with Crippen molar-refractivity contribution in [3.05, 3.63) is 90.3 Å². The molecule has 0 amide bonds. The third-order valence-corrected chi connectivity index (χ3v) is 7.49. The molecule has 0 bridgehead atoms. The number of fused-ring (bicyclic) bond motifs is 1. The first kappa shape index (κ1) is 24.3. The Morgan fingerprint density at radius 1 is 0.778 bits per heavy atom. The first-order valence-electron chi connectivity index (χ1n) is 12.7. The van der Waals surface area contributed by atoms with Crippen LogP contribution in [-0.2, 0) is 11.0 Å². The highest BCUT2D eigenvalue weighted by Crippen LogP contribution is 2.44. The number of hydrogen-bond donors (Lipinski definition) is 0. The van der Waals surface area contributed by atoms with E-state index in [1.54, 1.807) is 0 Å². The molecule has 3 aromatic rings. The van der Waals surface area contributed by atoms with E-state index in [0.29, 0.717) is 0 Å². The molecule has 188 valence electrons. The minimum atomic E-state index is -0.0351. The summed E-state index contributed by atoms with van der Waals surface area (Å²) >= 11 is 0. The number of para-hydroxylation sites is 1. The molecular weight excluding hydrogens is 444 g/mol. The maximum absolute atomic E-state index is 6.52. The van der Waals surface area contributed by atoms with Crippen LogP contribution in [0.4, 0.5) is 17.1 Å². The predicted octanol–water partition coefficient (Wildman–Crippen LogP) is 7.23. The van der Waals surface area contributed by atoms with Gasteiger partial charge in [-0.1, -0.05) is 45.0 Å². The zero-order chi connectivity index (χ0) is 25.7. The van der Waals surface area contributed by atoms with Gasteiger partial charge in [0.1, 0.15) is 11.5 Å². The smallest absolute Gasteiger partial charge is 0.129 e. The molecule has 0 unspecified atom stereocenters. The Hall–Kier alpha value is -3.44. The lowest BCUT2D eigenvalue weighted by molar-refractivity contribution is 0.150. The Kier molecular flexibility index (Phi) is 6.00. The molecular formula is C31H38N4O. The topological polar surface area (TPSA) is 22.2 Å². The number of nitrogens with zero attached hydrogens (tertiary/aromatic N) is 4. The van der Waals surface area contributed by atoms with Gasteiger partial charge in [0.25, 0.3) is 0 Å². The molecule has 0 radical (unpaired) electrons. The fraction of sp³-hybridized carbons (Fsp3) is 0.355. The highest BCUT2D eigenvalue weighted by molar-refractivity contribution is 5.71. The summed E-state index contributed by atoms with van der Waals surface area (Å²) in [6, 6.07) is 23.7. The largest absolute Gasteiger partial charge is 0.457 e. The zero-order valence-corrected chi connectivity index (χ0v) is 22.6. The third kappa shape index (κ3) is 4.56. The van der Waals surface area contributed by atoms with E-state index in [2.05, 4.69) is 141 Å². The Balaban J connectivity index is 1.53. The summed E-state index contributed by atoms with van der Waals surface area (Å²) < 4.78 is 6.52. The van der Waals surface area contributed by atoms with Crippen molar-refractivity contribution >= 4 is 17.1 Å². The second kappa shape index (κ2) is 8.90. The lowest BCUT2D eigenvalue weighted by Gasteiger charge is -2.47. The monoisotopic (exact) mass is 482 g/mol. The van der Waals surface area contributed by atoms with Gasteiger partial charge in [0, 0.05) is 54.2 Å². The average Bonchev–Trinajstić information content (AvgIpc) is 3.27. The number of hydrogen-bond acceptors (Lipinski definition) is 5. The number of rotatable bonds is 4. The van der Waals surface area contributed by atoms with Gasteiger partial charge in [-0.05, 0) is 67.8 Å². The molecule has 0 aromatic heterocycles. The molecule has 0 aliphatic carbocycles. The summed E-state index contributed by atoms with van der Waals surface area (Å²) in [5.41, 5.74) is 6.05. The molecule has 0 saturated carbocycles. The molecule has 5 nitrogen and oxygen atoms in total. The van der Waals surface area contributed by atoms with Crippen molar-refractivity contribution in [3.63, 3.8) is 0 Å². The van der Waals surface area contributed by atoms with Crippen molar-refractivity contribution < 1.29 is 4.74 Å². The molecule has 3 aromatic carbocycles. The van der Waals surface area contributed by atoms with E-state index in [1.807, 2.05) is 6.07 Å². The molecule has 5 rings (SSSR count). The summed E-state index contributed by atoms with van der Waals surface area (Å²) in [5, 5.41) is 0. The van der Waals surface area contributed by atoms with Crippen molar-refractivity contribution in [2.75, 3.05) is 37.2 Å². The van der Waals surface area contributed by atoms with E-state index in [9.17, 15) is 0 Å². The van der Waals surface area contributed by atoms with Gasteiger partial charge in [-0.3, -0.25) is 4.90 Å². The van der Waals surface area contributed by atoms with Crippen LogP contribution in [0.3, 0.4) is 0 Å². The molecule has 0 saturated heterocycles. The van der Waals surface area contributed by atoms with E-state index < -0.39 is 0 Å². The molecule has 2 aliphatic heterocycles. The lowest BCUT2D eigenvalue weighted by atomic mass is 9.86. The maximum atomic E-state index is 6.52. The van der Waals surface area contributed by atoms with Crippen LogP contribution in [-0.4, -0.2) is 37.2 Å². The summed E-state index contributed by atoms with van der Waals surface area (Å²) in [6.07, 6.45) is 4.19. The highest BCUT2D eigenvalue weighted by atomic mass is 16.5. The maximum Gasteiger partial charge on any atom is 0.129 e. The van der Waals surface area contributed by atoms with Gasteiger partial charge in [0.15, 0.2) is 0 Å².